The fourth-order valence-electron chi connectivity index (χ4n) is 3.84. The van der Waals surface area contributed by atoms with Crippen LogP contribution in [0, 0.1) is 0 Å². The quantitative estimate of drug-likeness (QED) is 0.554. The molecule has 0 heterocycles. The van der Waals surface area contributed by atoms with Crippen LogP contribution in [-0.2, 0) is 11.3 Å². The number of nitrogens with zero attached hydrogens (tertiary/aromatic N) is 1. The van der Waals surface area contributed by atoms with Gasteiger partial charge in [-0.05, 0) is 41.3 Å². The molecule has 0 spiro atoms. The molecule has 0 atom stereocenters. The SMILES string of the molecule is COc1ccc(NC(=O)CCN(Cc2cccc3ccccc23)C2CC2)c(OC)c1. The molecule has 3 aromatic carbocycles. The average molecular weight is 405 g/mol. The summed E-state index contributed by atoms with van der Waals surface area (Å²) >= 11 is 0. The Kier molecular flexibility index (Phi) is 6.19. The van der Waals surface area contributed by atoms with E-state index in [1.54, 1.807) is 20.3 Å². The minimum atomic E-state index is -0.0120. The van der Waals surface area contributed by atoms with Gasteiger partial charge in [0.1, 0.15) is 11.5 Å². The van der Waals surface area contributed by atoms with Gasteiger partial charge in [-0.25, -0.2) is 0 Å². The highest BCUT2D eigenvalue weighted by atomic mass is 16.5. The highest BCUT2D eigenvalue weighted by Crippen LogP contribution is 2.31. The van der Waals surface area contributed by atoms with Crippen LogP contribution in [0.2, 0.25) is 0 Å². The number of carbonyl (C=O) groups excluding carboxylic acids is 1. The fourth-order valence-corrected chi connectivity index (χ4v) is 3.84. The second kappa shape index (κ2) is 9.18. The first kappa shape index (κ1) is 20.2. The zero-order valence-electron chi connectivity index (χ0n) is 17.6. The maximum absolute atomic E-state index is 12.6. The first-order chi connectivity index (χ1) is 14.7. The van der Waals surface area contributed by atoms with Gasteiger partial charge in [-0.1, -0.05) is 42.5 Å². The summed E-state index contributed by atoms with van der Waals surface area (Å²) in [6.45, 7) is 1.60. The van der Waals surface area contributed by atoms with Crippen molar-refractivity contribution >= 4 is 22.4 Å². The van der Waals surface area contributed by atoms with E-state index in [0.29, 0.717) is 29.6 Å². The van der Waals surface area contributed by atoms with Crippen molar-refractivity contribution in [3.8, 4) is 11.5 Å². The number of ether oxygens (including phenoxy) is 2. The van der Waals surface area contributed by atoms with E-state index in [9.17, 15) is 4.79 Å². The first-order valence-corrected chi connectivity index (χ1v) is 10.4. The fraction of sp³-hybridized carbons (Fsp3) is 0.320. The molecule has 0 radical (unpaired) electrons. The highest BCUT2D eigenvalue weighted by molar-refractivity contribution is 5.92. The summed E-state index contributed by atoms with van der Waals surface area (Å²) in [6.07, 6.45) is 2.85. The number of carbonyl (C=O) groups is 1. The Morgan fingerprint density at radius 3 is 2.60 bits per heavy atom. The standard InChI is InChI=1S/C25H28N2O3/c1-29-21-12-13-23(24(16-21)30-2)26-25(28)14-15-27(20-10-11-20)17-19-8-5-7-18-6-3-4-9-22(18)19/h3-9,12-13,16,20H,10-11,14-15,17H2,1-2H3,(H,26,28). The number of methoxy groups -OCH3 is 2. The summed E-state index contributed by atoms with van der Waals surface area (Å²) < 4.78 is 10.6. The van der Waals surface area contributed by atoms with Crippen LogP contribution in [0.25, 0.3) is 10.8 Å². The largest absolute Gasteiger partial charge is 0.497 e. The lowest BCUT2D eigenvalue weighted by Crippen LogP contribution is -2.29. The molecule has 0 aromatic heterocycles. The topological polar surface area (TPSA) is 50.8 Å². The van der Waals surface area contributed by atoms with E-state index < -0.39 is 0 Å². The molecule has 1 N–H and O–H groups in total. The van der Waals surface area contributed by atoms with E-state index in [0.717, 1.165) is 13.1 Å². The summed E-state index contributed by atoms with van der Waals surface area (Å²) in [5, 5.41) is 5.52. The molecule has 0 unspecified atom stereocenters. The molecule has 1 aliphatic carbocycles. The van der Waals surface area contributed by atoms with E-state index in [2.05, 4.69) is 52.7 Å². The number of anilines is 1. The van der Waals surface area contributed by atoms with Crippen LogP contribution in [0.5, 0.6) is 11.5 Å². The molecule has 0 saturated heterocycles. The number of hydrogen-bond donors (Lipinski definition) is 1. The van der Waals surface area contributed by atoms with Crippen molar-refractivity contribution in [2.45, 2.75) is 31.8 Å². The third-order valence-electron chi connectivity index (χ3n) is 5.63. The first-order valence-electron chi connectivity index (χ1n) is 10.4. The number of rotatable bonds is 9. The molecule has 5 heteroatoms. The van der Waals surface area contributed by atoms with Crippen molar-refractivity contribution in [3.05, 3.63) is 66.2 Å². The van der Waals surface area contributed by atoms with Crippen LogP contribution in [0.1, 0.15) is 24.8 Å². The zero-order chi connectivity index (χ0) is 20.9. The van der Waals surface area contributed by atoms with Gasteiger partial charge in [-0.2, -0.15) is 0 Å². The van der Waals surface area contributed by atoms with Crippen LogP contribution in [0.3, 0.4) is 0 Å². The molecule has 4 rings (SSSR count). The smallest absolute Gasteiger partial charge is 0.225 e. The Morgan fingerprint density at radius 2 is 1.83 bits per heavy atom. The van der Waals surface area contributed by atoms with Gasteiger partial charge < -0.3 is 14.8 Å². The third-order valence-corrected chi connectivity index (χ3v) is 5.63. The summed E-state index contributed by atoms with van der Waals surface area (Å²) in [4.78, 5) is 15.1. The van der Waals surface area contributed by atoms with E-state index >= 15 is 0 Å². The molecule has 30 heavy (non-hydrogen) atoms. The van der Waals surface area contributed by atoms with E-state index in [-0.39, 0.29) is 5.91 Å². The van der Waals surface area contributed by atoms with E-state index in [1.165, 1.54) is 29.2 Å². The van der Waals surface area contributed by atoms with Crippen LogP contribution < -0.4 is 14.8 Å². The molecule has 0 aliphatic heterocycles. The van der Waals surface area contributed by atoms with Crippen molar-refractivity contribution in [2.75, 3.05) is 26.1 Å². The summed E-state index contributed by atoms with van der Waals surface area (Å²) in [5.74, 6) is 1.28. The second-order valence-corrected chi connectivity index (χ2v) is 7.70. The summed E-state index contributed by atoms with van der Waals surface area (Å²) in [6, 6.07) is 20.9. The van der Waals surface area contributed by atoms with Gasteiger partial charge in [-0.3, -0.25) is 9.69 Å². The minimum Gasteiger partial charge on any atom is -0.497 e. The predicted octanol–water partition coefficient (Wildman–Crippen LogP) is 4.85. The third kappa shape index (κ3) is 4.74. The number of nitrogens with one attached hydrogen (secondary N) is 1. The van der Waals surface area contributed by atoms with Crippen molar-refractivity contribution in [3.63, 3.8) is 0 Å². The van der Waals surface area contributed by atoms with Gasteiger partial charge >= 0.3 is 0 Å². The van der Waals surface area contributed by atoms with Crippen LogP contribution in [0.4, 0.5) is 5.69 Å². The van der Waals surface area contributed by atoms with Gasteiger partial charge in [0.2, 0.25) is 5.91 Å². The molecule has 1 saturated carbocycles. The Labute approximate surface area is 177 Å². The number of fused-ring (bicyclic) bond motifs is 1. The second-order valence-electron chi connectivity index (χ2n) is 7.70. The van der Waals surface area contributed by atoms with Gasteiger partial charge in [0.25, 0.3) is 0 Å². The lowest BCUT2D eigenvalue weighted by atomic mass is 10.0. The molecular formula is C25H28N2O3. The maximum Gasteiger partial charge on any atom is 0.225 e. The van der Waals surface area contributed by atoms with Gasteiger partial charge in [0, 0.05) is 31.6 Å². The monoisotopic (exact) mass is 404 g/mol. The lowest BCUT2D eigenvalue weighted by Gasteiger charge is -2.23. The molecule has 1 amide bonds. The zero-order valence-corrected chi connectivity index (χ0v) is 17.6. The van der Waals surface area contributed by atoms with Gasteiger partial charge in [0.15, 0.2) is 0 Å². The van der Waals surface area contributed by atoms with Crippen molar-refractivity contribution in [1.29, 1.82) is 0 Å². The molecule has 1 fully saturated rings. The minimum absolute atomic E-state index is 0.0120. The highest BCUT2D eigenvalue weighted by Gasteiger charge is 2.29. The molecular weight excluding hydrogens is 376 g/mol. The van der Waals surface area contributed by atoms with Gasteiger partial charge in [-0.15, -0.1) is 0 Å². The Bertz CT molecular complexity index is 1020. The Balaban J connectivity index is 1.40. The molecule has 0 bridgehead atoms. The van der Waals surface area contributed by atoms with E-state index in [1.807, 2.05) is 12.1 Å². The maximum atomic E-state index is 12.6. The summed E-state index contributed by atoms with van der Waals surface area (Å²) in [7, 11) is 3.19. The Morgan fingerprint density at radius 1 is 1.03 bits per heavy atom. The van der Waals surface area contributed by atoms with Crippen molar-refractivity contribution < 1.29 is 14.3 Å². The van der Waals surface area contributed by atoms with E-state index in [4.69, 9.17) is 9.47 Å². The number of hydrogen-bond acceptors (Lipinski definition) is 4. The summed E-state index contributed by atoms with van der Waals surface area (Å²) in [5.41, 5.74) is 1.98. The normalized spacial score (nSPS) is 13.4. The predicted molar refractivity (Wildman–Crippen MR) is 120 cm³/mol. The van der Waals surface area contributed by atoms with Crippen LogP contribution in [0.15, 0.2) is 60.7 Å². The molecule has 5 nitrogen and oxygen atoms in total. The van der Waals surface area contributed by atoms with Crippen molar-refractivity contribution in [1.82, 2.24) is 4.90 Å². The lowest BCUT2D eigenvalue weighted by molar-refractivity contribution is -0.116. The Hall–Kier alpha value is -3.05. The van der Waals surface area contributed by atoms with Gasteiger partial charge in [0.05, 0.1) is 19.9 Å². The number of amides is 1. The molecule has 3 aromatic rings. The van der Waals surface area contributed by atoms with Crippen LogP contribution >= 0.6 is 0 Å². The van der Waals surface area contributed by atoms with Crippen LogP contribution in [-0.4, -0.2) is 37.6 Å². The molecule has 156 valence electrons. The molecule has 1 aliphatic rings. The average Bonchev–Trinajstić information content (AvgIpc) is 3.62. The van der Waals surface area contributed by atoms with Crippen molar-refractivity contribution in [2.24, 2.45) is 0 Å². The number of benzene rings is 3.